The van der Waals surface area contributed by atoms with E-state index >= 15 is 0 Å². The van der Waals surface area contributed by atoms with Crippen LogP contribution in [0, 0.1) is 5.41 Å². The van der Waals surface area contributed by atoms with Crippen LogP contribution in [0.1, 0.15) is 52.4 Å². The summed E-state index contributed by atoms with van der Waals surface area (Å²) in [7, 11) is -2.91. The van der Waals surface area contributed by atoms with Crippen LogP contribution in [0.25, 0.3) is 0 Å². The number of nitrogens with one attached hydrogen (secondary N) is 1. The molecule has 2 saturated carbocycles. The van der Waals surface area contributed by atoms with Crippen LogP contribution in [-0.4, -0.2) is 45.2 Å². The first-order valence-corrected chi connectivity index (χ1v) is 9.99. The molecule has 3 atom stereocenters. The Balaban J connectivity index is 1.97. The average Bonchev–Trinajstić information content (AvgIpc) is 2.36. The molecule has 4 nitrogen and oxygen atoms in total. The van der Waals surface area contributed by atoms with Gasteiger partial charge in [-0.2, -0.15) is 0 Å². The lowest BCUT2D eigenvalue weighted by atomic mass is 9.55. The van der Waals surface area contributed by atoms with E-state index in [4.69, 9.17) is 4.74 Å². The third-order valence-electron chi connectivity index (χ3n) is 4.98. The predicted molar refractivity (Wildman–Crippen MR) is 81.6 cm³/mol. The first-order valence-electron chi connectivity index (χ1n) is 7.93. The Hall–Kier alpha value is -0.130. The van der Waals surface area contributed by atoms with Gasteiger partial charge in [0.2, 0.25) is 0 Å². The van der Waals surface area contributed by atoms with Gasteiger partial charge in [-0.3, -0.25) is 0 Å². The number of rotatable bonds is 6. The standard InChI is InChI=1S/C15H29NO3S/c1-4-19-14-10-13(15(14)8-6-5-7-9-15)16-12(2)11-20(3,17)18/h12-14,16H,4-11H2,1-3H3. The van der Waals surface area contributed by atoms with Crippen molar-refractivity contribution in [2.24, 2.45) is 5.41 Å². The number of hydrogen-bond donors (Lipinski definition) is 1. The summed E-state index contributed by atoms with van der Waals surface area (Å²) in [6.45, 7) is 4.81. The van der Waals surface area contributed by atoms with Gasteiger partial charge in [0, 0.05) is 30.4 Å². The Bertz CT molecular complexity index is 415. The van der Waals surface area contributed by atoms with Gasteiger partial charge in [-0.1, -0.05) is 19.3 Å². The third-order valence-corrected chi connectivity index (χ3v) is 6.08. The molecule has 0 aromatic rings. The fraction of sp³-hybridized carbons (Fsp3) is 1.00. The molecule has 0 aromatic heterocycles. The summed E-state index contributed by atoms with van der Waals surface area (Å²) in [5.41, 5.74) is 0.264. The maximum absolute atomic E-state index is 11.4. The van der Waals surface area contributed by atoms with E-state index in [-0.39, 0.29) is 17.2 Å². The van der Waals surface area contributed by atoms with Crippen LogP contribution in [0.4, 0.5) is 0 Å². The van der Waals surface area contributed by atoms with E-state index in [0.717, 1.165) is 13.0 Å². The molecule has 0 amide bonds. The molecule has 0 radical (unpaired) electrons. The highest BCUT2D eigenvalue weighted by molar-refractivity contribution is 7.90. The van der Waals surface area contributed by atoms with E-state index in [2.05, 4.69) is 12.2 Å². The van der Waals surface area contributed by atoms with E-state index in [1.165, 1.54) is 38.4 Å². The monoisotopic (exact) mass is 303 g/mol. The van der Waals surface area contributed by atoms with E-state index in [0.29, 0.717) is 12.1 Å². The van der Waals surface area contributed by atoms with E-state index < -0.39 is 9.84 Å². The molecule has 2 aliphatic rings. The molecule has 0 heterocycles. The zero-order valence-electron chi connectivity index (χ0n) is 13.0. The highest BCUT2D eigenvalue weighted by Gasteiger charge is 2.55. The SMILES string of the molecule is CCOC1CC(NC(C)CS(C)(=O)=O)C12CCCCC2. The molecule has 0 aliphatic heterocycles. The zero-order valence-corrected chi connectivity index (χ0v) is 13.8. The van der Waals surface area contributed by atoms with Crippen molar-refractivity contribution >= 4 is 9.84 Å². The molecule has 20 heavy (non-hydrogen) atoms. The minimum Gasteiger partial charge on any atom is -0.378 e. The molecule has 3 unspecified atom stereocenters. The molecule has 1 N–H and O–H groups in total. The summed E-state index contributed by atoms with van der Waals surface area (Å²) >= 11 is 0. The second-order valence-electron chi connectivity index (χ2n) is 6.69. The summed E-state index contributed by atoms with van der Waals surface area (Å²) in [6, 6.07) is 0.451. The smallest absolute Gasteiger partial charge is 0.148 e. The largest absolute Gasteiger partial charge is 0.378 e. The minimum atomic E-state index is -2.91. The van der Waals surface area contributed by atoms with Crippen molar-refractivity contribution in [2.75, 3.05) is 18.6 Å². The Labute approximate surface area is 123 Å². The molecule has 2 aliphatic carbocycles. The van der Waals surface area contributed by atoms with Gasteiger partial charge in [0.15, 0.2) is 0 Å². The van der Waals surface area contributed by atoms with E-state index in [1.807, 2.05) is 6.92 Å². The predicted octanol–water partition coefficient (Wildman–Crippen LogP) is 2.14. The number of hydrogen-bond acceptors (Lipinski definition) is 4. The highest BCUT2D eigenvalue weighted by Crippen LogP contribution is 2.53. The lowest BCUT2D eigenvalue weighted by Gasteiger charge is -2.58. The fourth-order valence-electron chi connectivity index (χ4n) is 4.14. The minimum absolute atomic E-state index is 0.0244. The molecular weight excluding hydrogens is 274 g/mol. The van der Waals surface area contributed by atoms with Crippen molar-refractivity contribution in [3.8, 4) is 0 Å². The van der Waals surface area contributed by atoms with E-state index in [9.17, 15) is 8.42 Å². The number of sulfone groups is 1. The Morgan fingerprint density at radius 2 is 1.95 bits per heavy atom. The summed E-state index contributed by atoms with van der Waals surface area (Å²) in [6.07, 6.45) is 9.04. The van der Waals surface area contributed by atoms with E-state index in [1.54, 1.807) is 0 Å². The highest BCUT2D eigenvalue weighted by atomic mass is 32.2. The second kappa shape index (κ2) is 6.32. The third kappa shape index (κ3) is 3.55. The van der Waals surface area contributed by atoms with Gasteiger partial charge in [-0.25, -0.2) is 8.42 Å². The van der Waals surface area contributed by atoms with Crippen molar-refractivity contribution in [3.05, 3.63) is 0 Å². The van der Waals surface area contributed by atoms with Gasteiger partial charge in [-0.15, -0.1) is 0 Å². The summed E-state index contributed by atoms with van der Waals surface area (Å²) in [5, 5.41) is 3.56. The first-order chi connectivity index (χ1) is 9.37. The molecule has 0 aromatic carbocycles. The van der Waals surface area contributed by atoms with Crippen molar-refractivity contribution in [1.29, 1.82) is 0 Å². The molecular formula is C15H29NO3S. The van der Waals surface area contributed by atoms with Crippen molar-refractivity contribution < 1.29 is 13.2 Å². The Kier molecular flexibility index (Phi) is 5.14. The van der Waals surface area contributed by atoms with Crippen LogP contribution in [0.3, 0.4) is 0 Å². The normalized spacial score (nSPS) is 30.9. The maximum atomic E-state index is 11.4. The average molecular weight is 303 g/mol. The first kappa shape index (κ1) is 16.2. The molecule has 2 rings (SSSR count). The van der Waals surface area contributed by atoms with Crippen molar-refractivity contribution in [3.63, 3.8) is 0 Å². The van der Waals surface area contributed by atoms with Crippen molar-refractivity contribution in [1.82, 2.24) is 5.32 Å². The van der Waals surface area contributed by atoms with Gasteiger partial charge in [-0.05, 0) is 33.1 Å². The Morgan fingerprint density at radius 3 is 2.50 bits per heavy atom. The molecule has 0 saturated heterocycles. The fourth-order valence-corrected chi connectivity index (χ4v) is 5.15. The summed E-state index contributed by atoms with van der Waals surface area (Å²) in [4.78, 5) is 0. The van der Waals surface area contributed by atoms with Crippen LogP contribution >= 0.6 is 0 Å². The quantitative estimate of drug-likeness (QED) is 0.817. The van der Waals surface area contributed by atoms with Crippen LogP contribution in [0.2, 0.25) is 0 Å². The summed E-state index contributed by atoms with van der Waals surface area (Å²) < 4.78 is 28.7. The van der Waals surface area contributed by atoms with Gasteiger partial charge >= 0.3 is 0 Å². The zero-order chi connectivity index (χ0) is 14.8. The van der Waals surface area contributed by atoms with Gasteiger partial charge in [0.25, 0.3) is 0 Å². The van der Waals surface area contributed by atoms with Crippen LogP contribution in [0.15, 0.2) is 0 Å². The lowest BCUT2D eigenvalue weighted by molar-refractivity contribution is -0.151. The van der Waals surface area contributed by atoms with Gasteiger partial charge in [0.05, 0.1) is 11.9 Å². The maximum Gasteiger partial charge on any atom is 0.148 e. The molecule has 0 bridgehead atoms. The Morgan fingerprint density at radius 1 is 1.30 bits per heavy atom. The van der Waals surface area contributed by atoms with Crippen molar-refractivity contribution in [2.45, 2.75) is 70.6 Å². The molecule has 5 heteroatoms. The molecule has 2 fully saturated rings. The number of ether oxygens (including phenoxy) is 1. The topological polar surface area (TPSA) is 55.4 Å². The summed E-state index contributed by atoms with van der Waals surface area (Å²) in [5.74, 6) is 0.221. The molecule has 118 valence electrons. The van der Waals surface area contributed by atoms with Gasteiger partial charge in [0.1, 0.15) is 9.84 Å². The molecule has 1 spiro atoms. The van der Waals surface area contributed by atoms with Crippen LogP contribution in [-0.2, 0) is 14.6 Å². The van der Waals surface area contributed by atoms with Crippen LogP contribution in [0.5, 0.6) is 0 Å². The van der Waals surface area contributed by atoms with Crippen LogP contribution < -0.4 is 5.32 Å². The lowest BCUT2D eigenvalue weighted by Crippen LogP contribution is -2.66. The van der Waals surface area contributed by atoms with Gasteiger partial charge < -0.3 is 10.1 Å². The second-order valence-corrected chi connectivity index (χ2v) is 8.87.